The largest absolute Gasteiger partial charge is 0.491 e. The van der Waals surface area contributed by atoms with Crippen molar-refractivity contribution in [3.05, 3.63) is 65.2 Å². The summed E-state index contributed by atoms with van der Waals surface area (Å²) in [6.45, 7) is 5.15. The highest BCUT2D eigenvalue weighted by molar-refractivity contribution is 5.66. The second-order valence-corrected chi connectivity index (χ2v) is 8.48. The summed E-state index contributed by atoms with van der Waals surface area (Å²) in [4.78, 5) is 0. The molecule has 184 valence electrons. The van der Waals surface area contributed by atoms with Crippen LogP contribution in [0.2, 0.25) is 0 Å². The molecular formula is C26H28F4O4. The molecule has 1 unspecified atom stereocenters. The first-order valence-corrected chi connectivity index (χ1v) is 11.5. The molecule has 0 spiro atoms. The van der Waals surface area contributed by atoms with Crippen molar-refractivity contribution in [3.63, 3.8) is 0 Å². The van der Waals surface area contributed by atoms with E-state index in [1.54, 1.807) is 6.92 Å². The van der Waals surface area contributed by atoms with Gasteiger partial charge in [0.25, 0.3) is 0 Å². The molecule has 2 aromatic rings. The molecule has 4 rings (SSSR count). The maximum atomic E-state index is 15.0. The molecule has 0 radical (unpaired) electrons. The fraction of sp³-hybridized carbons (Fsp3) is 0.462. The number of halogens is 4. The summed E-state index contributed by atoms with van der Waals surface area (Å²) in [5, 5.41) is 0. The Balaban J connectivity index is 1.45. The molecule has 0 N–H and O–H groups in total. The summed E-state index contributed by atoms with van der Waals surface area (Å²) in [7, 11) is 0. The van der Waals surface area contributed by atoms with E-state index < -0.39 is 29.4 Å². The highest BCUT2D eigenvalue weighted by Crippen LogP contribution is 2.39. The number of hydrogen-bond donors (Lipinski definition) is 0. The summed E-state index contributed by atoms with van der Waals surface area (Å²) in [6.07, 6.45) is 4.02. The first-order chi connectivity index (χ1) is 16.4. The SMILES string of the molecule is CC=CC1OCC(C2CC[C@@H](c3ccc(-c4ccc(OCC)c(F)c4F)c(F)c3F)OC2)CO1. The fourth-order valence-corrected chi connectivity index (χ4v) is 4.49. The van der Waals surface area contributed by atoms with Crippen LogP contribution in [-0.2, 0) is 14.2 Å². The van der Waals surface area contributed by atoms with Crippen molar-refractivity contribution in [1.29, 1.82) is 0 Å². The Labute approximate surface area is 196 Å². The Morgan fingerprint density at radius 3 is 2.09 bits per heavy atom. The van der Waals surface area contributed by atoms with Gasteiger partial charge in [0.2, 0.25) is 5.82 Å². The van der Waals surface area contributed by atoms with Gasteiger partial charge in [-0.15, -0.1) is 0 Å². The third kappa shape index (κ3) is 4.99. The summed E-state index contributed by atoms with van der Waals surface area (Å²) in [5.41, 5.74) is -0.667. The maximum Gasteiger partial charge on any atom is 0.201 e. The lowest BCUT2D eigenvalue weighted by Crippen LogP contribution is -2.38. The average Bonchev–Trinajstić information content (AvgIpc) is 2.85. The first kappa shape index (κ1) is 24.7. The van der Waals surface area contributed by atoms with Gasteiger partial charge < -0.3 is 18.9 Å². The highest BCUT2D eigenvalue weighted by Gasteiger charge is 2.34. The van der Waals surface area contributed by atoms with Crippen LogP contribution in [0.4, 0.5) is 17.6 Å². The van der Waals surface area contributed by atoms with E-state index in [1.165, 1.54) is 24.3 Å². The summed E-state index contributed by atoms with van der Waals surface area (Å²) < 4.78 is 81.0. The molecule has 8 heteroatoms. The smallest absolute Gasteiger partial charge is 0.201 e. The molecule has 2 saturated heterocycles. The van der Waals surface area contributed by atoms with E-state index in [2.05, 4.69) is 0 Å². The number of hydrogen-bond acceptors (Lipinski definition) is 4. The van der Waals surface area contributed by atoms with Gasteiger partial charge in [0.15, 0.2) is 29.5 Å². The lowest BCUT2D eigenvalue weighted by Gasteiger charge is -2.37. The van der Waals surface area contributed by atoms with Gasteiger partial charge in [0.05, 0.1) is 32.5 Å². The Hall–Kier alpha value is -2.42. The van der Waals surface area contributed by atoms with Gasteiger partial charge in [0, 0.05) is 22.6 Å². The second-order valence-electron chi connectivity index (χ2n) is 8.48. The molecule has 2 fully saturated rings. The predicted molar refractivity (Wildman–Crippen MR) is 118 cm³/mol. The molecule has 34 heavy (non-hydrogen) atoms. The third-order valence-electron chi connectivity index (χ3n) is 6.37. The van der Waals surface area contributed by atoms with Gasteiger partial charge in [-0.05, 0) is 50.8 Å². The highest BCUT2D eigenvalue weighted by atomic mass is 19.2. The zero-order chi connectivity index (χ0) is 24.2. The maximum absolute atomic E-state index is 15.0. The van der Waals surface area contributed by atoms with E-state index in [-0.39, 0.29) is 47.2 Å². The monoisotopic (exact) mass is 480 g/mol. The van der Waals surface area contributed by atoms with E-state index in [9.17, 15) is 17.6 Å². The standard InChI is InChI=1S/C26H28F4O4/c1-3-5-22-33-13-16(14-34-22)15-6-10-20(32-12-15)19-8-7-17(23(27)25(19)29)18-9-11-21(31-4-2)26(30)24(18)28/h3,5,7-9,11,15-16,20,22H,4,6,10,12-14H2,1-2H3/t15?,16?,20-,22?/m0/s1. The first-order valence-electron chi connectivity index (χ1n) is 11.5. The third-order valence-corrected chi connectivity index (χ3v) is 6.37. The molecule has 0 saturated carbocycles. The molecule has 0 aliphatic carbocycles. The topological polar surface area (TPSA) is 36.9 Å². The summed E-state index contributed by atoms with van der Waals surface area (Å²) in [6, 6.07) is 5.01. The van der Waals surface area contributed by atoms with Crippen LogP contribution in [0, 0.1) is 35.1 Å². The van der Waals surface area contributed by atoms with Crippen molar-refractivity contribution in [1.82, 2.24) is 0 Å². The number of rotatable bonds is 6. The van der Waals surface area contributed by atoms with Crippen LogP contribution >= 0.6 is 0 Å². The molecule has 2 aliphatic heterocycles. The number of ether oxygens (including phenoxy) is 4. The minimum absolute atomic E-state index is 0.0656. The molecule has 0 amide bonds. The molecule has 2 atom stereocenters. The van der Waals surface area contributed by atoms with E-state index >= 15 is 0 Å². The van der Waals surface area contributed by atoms with Crippen LogP contribution in [0.15, 0.2) is 36.4 Å². The van der Waals surface area contributed by atoms with E-state index in [0.717, 1.165) is 6.42 Å². The zero-order valence-corrected chi connectivity index (χ0v) is 19.2. The number of benzene rings is 2. The van der Waals surface area contributed by atoms with Crippen molar-refractivity contribution in [2.75, 3.05) is 26.4 Å². The molecule has 0 bridgehead atoms. The molecule has 2 heterocycles. The predicted octanol–water partition coefficient (Wildman–Crippen LogP) is 6.34. The fourth-order valence-electron chi connectivity index (χ4n) is 4.49. The van der Waals surface area contributed by atoms with E-state index in [0.29, 0.717) is 26.2 Å². The van der Waals surface area contributed by atoms with Gasteiger partial charge in [0.1, 0.15) is 0 Å². The molecule has 2 aromatic carbocycles. The summed E-state index contributed by atoms with van der Waals surface area (Å²) in [5.74, 6) is -4.81. The van der Waals surface area contributed by atoms with Gasteiger partial charge in [-0.2, -0.15) is 4.39 Å². The number of allylic oxidation sites excluding steroid dienone is 1. The summed E-state index contributed by atoms with van der Waals surface area (Å²) >= 11 is 0. The van der Waals surface area contributed by atoms with E-state index in [1.807, 2.05) is 19.1 Å². The van der Waals surface area contributed by atoms with Crippen LogP contribution < -0.4 is 4.74 Å². The molecule has 0 aromatic heterocycles. The Kier molecular flexibility index (Phi) is 7.91. The van der Waals surface area contributed by atoms with Crippen molar-refractivity contribution in [3.8, 4) is 16.9 Å². The molecule has 2 aliphatic rings. The van der Waals surface area contributed by atoms with E-state index in [4.69, 9.17) is 18.9 Å². The average molecular weight is 480 g/mol. The van der Waals surface area contributed by atoms with Crippen LogP contribution in [0.1, 0.15) is 38.4 Å². The van der Waals surface area contributed by atoms with Crippen LogP contribution in [-0.4, -0.2) is 32.7 Å². The van der Waals surface area contributed by atoms with Gasteiger partial charge in [-0.3, -0.25) is 0 Å². The van der Waals surface area contributed by atoms with Crippen molar-refractivity contribution < 1.29 is 36.5 Å². The van der Waals surface area contributed by atoms with Crippen molar-refractivity contribution >= 4 is 0 Å². The van der Waals surface area contributed by atoms with Crippen LogP contribution in [0.25, 0.3) is 11.1 Å². The lowest BCUT2D eigenvalue weighted by molar-refractivity contribution is -0.193. The van der Waals surface area contributed by atoms with Gasteiger partial charge in [-0.25, -0.2) is 13.2 Å². The second kappa shape index (κ2) is 10.9. The van der Waals surface area contributed by atoms with Crippen LogP contribution in [0.5, 0.6) is 5.75 Å². The Morgan fingerprint density at radius 2 is 1.47 bits per heavy atom. The lowest BCUT2D eigenvalue weighted by atomic mass is 9.85. The Morgan fingerprint density at radius 1 is 0.824 bits per heavy atom. The van der Waals surface area contributed by atoms with Gasteiger partial charge >= 0.3 is 0 Å². The van der Waals surface area contributed by atoms with Gasteiger partial charge in [-0.1, -0.05) is 18.2 Å². The quantitative estimate of drug-likeness (QED) is 0.357. The molecule has 4 nitrogen and oxygen atoms in total. The normalized spacial score (nSPS) is 25.6. The minimum atomic E-state index is -1.29. The Bertz CT molecular complexity index is 1030. The minimum Gasteiger partial charge on any atom is -0.491 e. The molecular weight excluding hydrogens is 452 g/mol. The zero-order valence-electron chi connectivity index (χ0n) is 19.2. The van der Waals surface area contributed by atoms with Crippen molar-refractivity contribution in [2.45, 2.75) is 39.1 Å². The van der Waals surface area contributed by atoms with Crippen LogP contribution in [0.3, 0.4) is 0 Å². The van der Waals surface area contributed by atoms with Crippen molar-refractivity contribution in [2.24, 2.45) is 11.8 Å².